The Balaban J connectivity index is 0.000000279. The van der Waals surface area contributed by atoms with Gasteiger partial charge in [-0.25, -0.2) is 4.79 Å². The number of carboxylic acid groups (broad SMARTS) is 1. The Bertz CT molecular complexity index is 566. The highest BCUT2D eigenvalue weighted by atomic mass is 19.4. The van der Waals surface area contributed by atoms with E-state index in [2.05, 4.69) is 4.90 Å². The van der Waals surface area contributed by atoms with Crippen molar-refractivity contribution in [3.8, 4) is 0 Å². The van der Waals surface area contributed by atoms with Gasteiger partial charge in [0.15, 0.2) is 0 Å². The van der Waals surface area contributed by atoms with Crippen molar-refractivity contribution >= 4 is 11.9 Å². The van der Waals surface area contributed by atoms with Gasteiger partial charge in [0.1, 0.15) is 6.10 Å². The molecule has 1 unspecified atom stereocenters. The van der Waals surface area contributed by atoms with E-state index in [0.29, 0.717) is 0 Å². The summed E-state index contributed by atoms with van der Waals surface area (Å²) in [5, 5.41) is 7.12. The first-order chi connectivity index (χ1) is 13.2. The fourth-order valence-electron chi connectivity index (χ4n) is 4.31. The van der Waals surface area contributed by atoms with Gasteiger partial charge in [-0.15, -0.1) is 0 Å². The summed E-state index contributed by atoms with van der Waals surface area (Å²) in [6, 6.07) is 0. The van der Waals surface area contributed by atoms with E-state index in [0.717, 1.165) is 44.7 Å². The Kier molecular flexibility index (Phi) is 6.54. The minimum atomic E-state index is -5.08. The lowest BCUT2D eigenvalue weighted by molar-refractivity contribution is -0.192. The maximum Gasteiger partial charge on any atom is 0.490 e. The first-order valence-electron chi connectivity index (χ1n) is 10.2. The molecule has 4 fully saturated rings. The standard InChI is InChI=1S/C17H28N2O2.C2HF3O2/c20-16(19-9-1-2-10-19)15-5-6-17(21-15)7-11-18(12-8-17)13-14-3-4-14;3-2(4,5)1(6)7/h14-15H,1-13H2;(H,6,7). The molecule has 160 valence electrons. The van der Waals surface area contributed by atoms with E-state index in [1.54, 1.807) is 0 Å². The Hall–Kier alpha value is -1.35. The lowest BCUT2D eigenvalue weighted by atomic mass is 9.88. The van der Waals surface area contributed by atoms with E-state index in [9.17, 15) is 18.0 Å². The molecular formula is C19H29F3N2O4. The third kappa shape index (κ3) is 5.59. The molecule has 28 heavy (non-hydrogen) atoms. The molecule has 1 N–H and O–H groups in total. The van der Waals surface area contributed by atoms with Crippen LogP contribution in [0.15, 0.2) is 0 Å². The number of carboxylic acids is 1. The van der Waals surface area contributed by atoms with Crippen LogP contribution in [-0.4, -0.2) is 77.4 Å². The number of alkyl halides is 3. The fraction of sp³-hybridized carbons (Fsp3) is 0.895. The molecular weight excluding hydrogens is 377 g/mol. The summed E-state index contributed by atoms with van der Waals surface area (Å²) in [6.07, 6.45) is 4.27. The number of rotatable bonds is 3. The van der Waals surface area contributed by atoms with Crippen LogP contribution in [0.1, 0.15) is 51.4 Å². The third-order valence-corrected chi connectivity index (χ3v) is 6.17. The largest absolute Gasteiger partial charge is 0.490 e. The Morgan fingerprint density at radius 1 is 1.00 bits per heavy atom. The molecule has 3 aliphatic heterocycles. The topological polar surface area (TPSA) is 70.1 Å². The van der Waals surface area contributed by atoms with Crippen molar-refractivity contribution < 1.29 is 32.6 Å². The number of likely N-dealkylation sites (tertiary alicyclic amines) is 2. The number of nitrogens with zero attached hydrogens (tertiary/aromatic N) is 2. The van der Waals surface area contributed by atoms with Crippen LogP contribution in [0, 0.1) is 5.92 Å². The number of amides is 1. The normalized spacial score (nSPS) is 27.5. The van der Waals surface area contributed by atoms with E-state index < -0.39 is 12.1 Å². The van der Waals surface area contributed by atoms with Crippen LogP contribution in [0.5, 0.6) is 0 Å². The Morgan fingerprint density at radius 3 is 2.07 bits per heavy atom. The summed E-state index contributed by atoms with van der Waals surface area (Å²) in [7, 11) is 0. The summed E-state index contributed by atoms with van der Waals surface area (Å²) in [5.74, 6) is -1.51. The minimum absolute atomic E-state index is 0.0279. The summed E-state index contributed by atoms with van der Waals surface area (Å²) >= 11 is 0. The van der Waals surface area contributed by atoms with Gasteiger partial charge >= 0.3 is 12.1 Å². The molecule has 1 atom stereocenters. The van der Waals surface area contributed by atoms with Crippen molar-refractivity contribution in [1.29, 1.82) is 0 Å². The van der Waals surface area contributed by atoms with Gasteiger partial charge in [0.2, 0.25) is 0 Å². The number of carbonyl (C=O) groups is 2. The number of carbonyl (C=O) groups excluding carboxylic acids is 1. The zero-order chi connectivity index (χ0) is 20.4. The number of aliphatic carboxylic acids is 1. The van der Waals surface area contributed by atoms with Crippen LogP contribution in [0.4, 0.5) is 13.2 Å². The summed E-state index contributed by atoms with van der Waals surface area (Å²) in [5.41, 5.74) is 0.0279. The van der Waals surface area contributed by atoms with Crippen LogP contribution in [0.25, 0.3) is 0 Å². The second kappa shape index (κ2) is 8.57. The average Bonchev–Trinajstić information content (AvgIpc) is 3.13. The van der Waals surface area contributed by atoms with Crippen molar-refractivity contribution in [3.63, 3.8) is 0 Å². The molecule has 4 aliphatic rings. The highest BCUT2D eigenvalue weighted by Crippen LogP contribution is 2.40. The molecule has 4 rings (SSSR count). The molecule has 6 nitrogen and oxygen atoms in total. The molecule has 3 saturated heterocycles. The second-order valence-electron chi connectivity index (χ2n) is 8.41. The number of ether oxygens (including phenoxy) is 1. The first kappa shape index (κ1) is 21.4. The summed E-state index contributed by atoms with van der Waals surface area (Å²) in [6.45, 7) is 5.52. The lowest BCUT2D eigenvalue weighted by Gasteiger charge is -2.39. The van der Waals surface area contributed by atoms with E-state index in [-0.39, 0.29) is 17.6 Å². The molecule has 0 aromatic heterocycles. The van der Waals surface area contributed by atoms with Crippen molar-refractivity contribution in [3.05, 3.63) is 0 Å². The molecule has 0 radical (unpaired) electrons. The molecule has 0 aromatic carbocycles. The summed E-state index contributed by atoms with van der Waals surface area (Å²) < 4.78 is 38.1. The molecule has 1 amide bonds. The molecule has 0 aromatic rings. The van der Waals surface area contributed by atoms with E-state index >= 15 is 0 Å². The second-order valence-corrected chi connectivity index (χ2v) is 8.41. The van der Waals surface area contributed by atoms with Gasteiger partial charge < -0.3 is 19.6 Å². The van der Waals surface area contributed by atoms with Gasteiger partial charge in [-0.1, -0.05) is 0 Å². The van der Waals surface area contributed by atoms with E-state index in [1.807, 2.05) is 4.90 Å². The molecule has 1 saturated carbocycles. The highest BCUT2D eigenvalue weighted by molar-refractivity contribution is 5.81. The van der Waals surface area contributed by atoms with Crippen LogP contribution < -0.4 is 0 Å². The number of hydrogen-bond donors (Lipinski definition) is 1. The SMILES string of the molecule is O=C(C1CCC2(CCN(CC3CC3)CC2)O1)N1CCCC1.O=C(O)C(F)(F)F. The number of halogens is 3. The fourth-order valence-corrected chi connectivity index (χ4v) is 4.31. The van der Waals surface area contributed by atoms with Crippen LogP contribution in [0.2, 0.25) is 0 Å². The van der Waals surface area contributed by atoms with Gasteiger partial charge in [-0.3, -0.25) is 4.79 Å². The van der Waals surface area contributed by atoms with Crippen LogP contribution >= 0.6 is 0 Å². The van der Waals surface area contributed by atoms with Crippen LogP contribution in [0.3, 0.4) is 0 Å². The minimum Gasteiger partial charge on any atom is -0.475 e. The molecule has 9 heteroatoms. The molecule has 3 heterocycles. The monoisotopic (exact) mass is 406 g/mol. The van der Waals surface area contributed by atoms with Crippen molar-refractivity contribution in [2.75, 3.05) is 32.7 Å². The van der Waals surface area contributed by atoms with Crippen LogP contribution in [-0.2, 0) is 14.3 Å². The van der Waals surface area contributed by atoms with Crippen molar-refractivity contribution in [1.82, 2.24) is 9.80 Å². The Labute approximate surface area is 163 Å². The number of hydrogen-bond acceptors (Lipinski definition) is 4. The predicted octanol–water partition coefficient (Wildman–Crippen LogP) is 2.67. The highest BCUT2D eigenvalue weighted by Gasteiger charge is 2.46. The first-order valence-corrected chi connectivity index (χ1v) is 10.2. The third-order valence-electron chi connectivity index (χ3n) is 6.17. The van der Waals surface area contributed by atoms with E-state index in [4.69, 9.17) is 14.6 Å². The quantitative estimate of drug-likeness (QED) is 0.780. The molecule has 1 aliphatic carbocycles. The van der Waals surface area contributed by atoms with Gasteiger partial charge in [0.25, 0.3) is 5.91 Å². The zero-order valence-electron chi connectivity index (χ0n) is 16.0. The smallest absolute Gasteiger partial charge is 0.475 e. The Morgan fingerprint density at radius 2 is 1.57 bits per heavy atom. The van der Waals surface area contributed by atoms with E-state index in [1.165, 1.54) is 45.3 Å². The maximum absolute atomic E-state index is 12.5. The average molecular weight is 406 g/mol. The maximum atomic E-state index is 12.5. The predicted molar refractivity (Wildman–Crippen MR) is 94.7 cm³/mol. The molecule has 0 bridgehead atoms. The van der Waals surface area contributed by atoms with Crippen molar-refractivity contribution in [2.24, 2.45) is 5.92 Å². The number of piperidine rings is 1. The van der Waals surface area contributed by atoms with Gasteiger partial charge in [0, 0.05) is 32.7 Å². The van der Waals surface area contributed by atoms with Gasteiger partial charge in [-0.2, -0.15) is 13.2 Å². The zero-order valence-corrected chi connectivity index (χ0v) is 16.0. The lowest BCUT2D eigenvalue weighted by Crippen LogP contribution is -2.46. The molecule has 1 spiro atoms. The van der Waals surface area contributed by atoms with Gasteiger partial charge in [-0.05, 0) is 57.3 Å². The van der Waals surface area contributed by atoms with Crippen molar-refractivity contribution in [2.45, 2.75) is 69.2 Å². The summed E-state index contributed by atoms with van der Waals surface area (Å²) in [4.78, 5) is 26.0. The van der Waals surface area contributed by atoms with Gasteiger partial charge in [0.05, 0.1) is 5.60 Å².